The molecule has 2 heterocycles. The third kappa shape index (κ3) is 2.58. The number of allylic oxidation sites excluding steroid dienone is 2. The number of hydrogen-bond acceptors (Lipinski definition) is 4. The highest BCUT2D eigenvalue weighted by Crippen LogP contribution is 2.53. The smallest absolute Gasteiger partial charge is 0.202 e. The third-order valence-electron chi connectivity index (χ3n) is 4.18. The molecule has 0 N–H and O–H groups in total. The normalized spacial score (nSPS) is 18.8. The van der Waals surface area contributed by atoms with Crippen molar-refractivity contribution < 1.29 is 9.59 Å². The van der Waals surface area contributed by atoms with E-state index in [1.54, 1.807) is 25.1 Å². The van der Waals surface area contributed by atoms with Crippen LogP contribution in [0.1, 0.15) is 31.8 Å². The number of benzene rings is 2. The van der Waals surface area contributed by atoms with Crippen molar-refractivity contribution in [3.63, 3.8) is 0 Å². The number of thioether (sulfide) groups is 2. The van der Waals surface area contributed by atoms with E-state index in [2.05, 4.69) is 0 Å². The molecule has 0 unspecified atom stereocenters. The highest BCUT2D eigenvalue weighted by atomic mass is 35.5. The maximum Gasteiger partial charge on any atom is 0.202 e. The number of ketones is 2. The summed E-state index contributed by atoms with van der Waals surface area (Å²) >= 11 is 21.1. The molecule has 0 aromatic heterocycles. The first-order valence-electron chi connectivity index (χ1n) is 7.27. The SMILES string of the molecule is Cc1cc(Cl)cc2c1C(=O)/C(=C1\Sc3c(Cl)cc(Cl)c(C)c3C1=O)S2. The van der Waals surface area contributed by atoms with Gasteiger partial charge in [-0.05, 0) is 43.2 Å². The minimum Gasteiger partial charge on any atom is -0.288 e. The minimum absolute atomic E-state index is 0.141. The number of aryl methyl sites for hydroxylation is 1. The van der Waals surface area contributed by atoms with Gasteiger partial charge in [-0.15, -0.1) is 0 Å². The van der Waals surface area contributed by atoms with Crippen LogP contribution in [0.2, 0.25) is 15.1 Å². The predicted octanol–water partition coefficient (Wildman–Crippen LogP) is 6.75. The molecule has 0 bridgehead atoms. The highest BCUT2D eigenvalue weighted by molar-refractivity contribution is 8.08. The number of halogens is 3. The van der Waals surface area contributed by atoms with Crippen LogP contribution in [-0.2, 0) is 0 Å². The quantitative estimate of drug-likeness (QED) is 0.435. The van der Waals surface area contributed by atoms with E-state index in [9.17, 15) is 9.59 Å². The molecule has 2 nitrogen and oxygen atoms in total. The number of carbonyl (C=O) groups excluding carboxylic acids is 2. The molecule has 0 aliphatic carbocycles. The van der Waals surface area contributed by atoms with Gasteiger partial charge >= 0.3 is 0 Å². The molecule has 0 spiro atoms. The molecule has 25 heavy (non-hydrogen) atoms. The molecule has 126 valence electrons. The fourth-order valence-corrected chi connectivity index (χ4v) is 6.38. The fraction of sp³-hybridized carbons (Fsp3) is 0.111. The summed E-state index contributed by atoms with van der Waals surface area (Å²) in [5.41, 5.74) is 2.59. The van der Waals surface area contributed by atoms with Crippen LogP contribution < -0.4 is 0 Å². The van der Waals surface area contributed by atoms with Crippen molar-refractivity contribution in [2.75, 3.05) is 0 Å². The summed E-state index contributed by atoms with van der Waals surface area (Å²) in [6.45, 7) is 3.63. The Balaban J connectivity index is 1.89. The summed E-state index contributed by atoms with van der Waals surface area (Å²) in [5, 5.41) is 1.44. The van der Waals surface area contributed by atoms with Crippen LogP contribution in [0.15, 0.2) is 37.8 Å². The van der Waals surface area contributed by atoms with Crippen LogP contribution >= 0.6 is 58.3 Å². The summed E-state index contributed by atoms with van der Waals surface area (Å²) in [6, 6.07) is 5.14. The van der Waals surface area contributed by atoms with E-state index in [0.29, 0.717) is 46.5 Å². The number of hydrogen-bond donors (Lipinski definition) is 0. The fourth-order valence-electron chi connectivity index (χ4n) is 2.98. The van der Waals surface area contributed by atoms with E-state index < -0.39 is 0 Å². The number of fused-ring (bicyclic) bond motifs is 2. The molecule has 0 saturated heterocycles. The highest BCUT2D eigenvalue weighted by Gasteiger charge is 2.39. The molecule has 7 heteroatoms. The number of carbonyl (C=O) groups is 2. The summed E-state index contributed by atoms with van der Waals surface area (Å²) in [5.74, 6) is -0.341. The van der Waals surface area contributed by atoms with Crippen molar-refractivity contribution in [3.05, 3.63) is 65.3 Å². The van der Waals surface area contributed by atoms with Gasteiger partial charge in [0, 0.05) is 31.0 Å². The lowest BCUT2D eigenvalue weighted by atomic mass is 10.0. The van der Waals surface area contributed by atoms with E-state index in [1.165, 1.54) is 23.5 Å². The zero-order valence-electron chi connectivity index (χ0n) is 13.0. The monoisotopic (exact) mass is 426 g/mol. The molecular weight excluding hydrogens is 419 g/mol. The van der Waals surface area contributed by atoms with Gasteiger partial charge in [-0.25, -0.2) is 0 Å². The van der Waals surface area contributed by atoms with Crippen molar-refractivity contribution in [2.24, 2.45) is 0 Å². The summed E-state index contributed by atoms with van der Waals surface area (Å²) in [6.07, 6.45) is 0. The van der Waals surface area contributed by atoms with Gasteiger partial charge in [0.15, 0.2) is 0 Å². The molecule has 2 aromatic carbocycles. The van der Waals surface area contributed by atoms with Crippen molar-refractivity contribution in [1.82, 2.24) is 0 Å². The Kier molecular flexibility index (Phi) is 4.25. The Morgan fingerprint density at radius 3 is 2.16 bits per heavy atom. The summed E-state index contributed by atoms with van der Waals surface area (Å²) in [4.78, 5) is 28.2. The van der Waals surface area contributed by atoms with Crippen molar-refractivity contribution >= 4 is 69.9 Å². The van der Waals surface area contributed by atoms with Gasteiger partial charge in [-0.2, -0.15) is 0 Å². The van der Waals surface area contributed by atoms with Crippen LogP contribution in [-0.4, -0.2) is 11.6 Å². The molecule has 2 aliphatic heterocycles. The van der Waals surface area contributed by atoms with Crippen LogP contribution in [0.3, 0.4) is 0 Å². The lowest BCUT2D eigenvalue weighted by Crippen LogP contribution is -2.04. The lowest BCUT2D eigenvalue weighted by Gasteiger charge is -2.05. The van der Waals surface area contributed by atoms with Gasteiger partial charge in [0.2, 0.25) is 11.6 Å². The lowest BCUT2D eigenvalue weighted by molar-refractivity contribution is 0.101. The zero-order chi connectivity index (χ0) is 18.0. The first kappa shape index (κ1) is 17.5. The summed E-state index contributed by atoms with van der Waals surface area (Å²) in [7, 11) is 0. The van der Waals surface area contributed by atoms with E-state index in [4.69, 9.17) is 34.8 Å². The molecular formula is C18H9Cl3O2S2. The first-order chi connectivity index (χ1) is 11.8. The van der Waals surface area contributed by atoms with Crippen molar-refractivity contribution in [1.29, 1.82) is 0 Å². The Labute approximate surface area is 167 Å². The Bertz CT molecular complexity index is 1040. The van der Waals surface area contributed by atoms with Crippen LogP contribution in [0.4, 0.5) is 0 Å². The third-order valence-corrected chi connectivity index (χ3v) is 7.69. The van der Waals surface area contributed by atoms with Gasteiger partial charge in [0.25, 0.3) is 0 Å². The number of rotatable bonds is 0. The standard InChI is InChI=1S/C18H9Cl3O2S2/c1-6-3-8(19)4-11-12(6)14(22)17(24-11)18-15(23)13-7(2)9(20)5-10(21)16(13)25-18/h3-5H,1-2H3/b18-17+. The largest absolute Gasteiger partial charge is 0.288 e. The van der Waals surface area contributed by atoms with Gasteiger partial charge in [-0.1, -0.05) is 58.3 Å². The molecule has 2 aliphatic rings. The Morgan fingerprint density at radius 1 is 0.800 bits per heavy atom. The molecule has 0 radical (unpaired) electrons. The molecule has 0 fully saturated rings. The predicted molar refractivity (Wildman–Crippen MR) is 105 cm³/mol. The molecule has 4 rings (SSSR count). The van der Waals surface area contributed by atoms with Gasteiger partial charge in [0.05, 0.1) is 14.8 Å². The van der Waals surface area contributed by atoms with E-state index >= 15 is 0 Å². The minimum atomic E-state index is -0.200. The van der Waals surface area contributed by atoms with E-state index in [-0.39, 0.29) is 11.6 Å². The second-order valence-electron chi connectivity index (χ2n) is 5.79. The zero-order valence-corrected chi connectivity index (χ0v) is 16.9. The van der Waals surface area contributed by atoms with Gasteiger partial charge in [0.1, 0.15) is 0 Å². The molecule has 0 amide bonds. The van der Waals surface area contributed by atoms with Crippen LogP contribution in [0.25, 0.3) is 0 Å². The molecule has 0 atom stereocenters. The maximum absolute atomic E-state index is 13.0. The Morgan fingerprint density at radius 2 is 1.44 bits per heavy atom. The van der Waals surface area contributed by atoms with Crippen LogP contribution in [0.5, 0.6) is 0 Å². The maximum atomic E-state index is 13.0. The second-order valence-corrected chi connectivity index (χ2v) is 9.11. The number of Topliss-reactive ketones (excluding diaryl/α,β-unsaturated/α-hetero) is 2. The second kappa shape index (κ2) is 6.07. The average molecular weight is 428 g/mol. The van der Waals surface area contributed by atoms with E-state index in [1.807, 2.05) is 6.92 Å². The topological polar surface area (TPSA) is 34.1 Å². The average Bonchev–Trinajstić information content (AvgIpc) is 3.03. The van der Waals surface area contributed by atoms with Crippen molar-refractivity contribution in [3.8, 4) is 0 Å². The van der Waals surface area contributed by atoms with Crippen LogP contribution in [0, 0.1) is 13.8 Å². The first-order valence-corrected chi connectivity index (χ1v) is 10.0. The molecule has 2 aromatic rings. The van der Waals surface area contributed by atoms with Crippen molar-refractivity contribution in [2.45, 2.75) is 23.6 Å². The van der Waals surface area contributed by atoms with Gasteiger partial charge in [-0.3, -0.25) is 9.59 Å². The molecule has 0 saturated carbocycles. The summed E-state index contributed by atoms with van der Waals surface area (Å²) < 4.78 is 0. The Hall–Kier alpha value is -0.910. The van der Waals surface area contributed by atoms with Gasteiger partial charge < -0.3 is 0 Å². The van der Waals surface area contributed by atoms with E-state index in [0.717, 1.165) is 10.5 Å².